The minimum atomic E-state index is -0.521. The van der Waals surface area contributed by atoms with Gasteiger partial charge < -0.3 is 16.2 Å². The topological polar surface area (TPSA) is 91.2 Å². The predicted molar refractivity (Wildman–Crippen MR) is 46.8 cm³/mol. The Bertz CT molecular complexity index is 301. The van der Waals surface area contributed by atoms with Crippen LogP contribution >= 0.6 is 0 Å². The van der Waals surface area contributed by atoms with Crippen molar-refractivity contribution in [2.24, 2.45) is 11.5 Å². The summed E-state index contributed by atoms with van der Waals surface area (Å²) < 4.78 is 5.07. The Balaban J connectivity index is 2.69. The molecule has 4 N–H and O–H groups in total. The Morgan fingerprint density at radius 2 is 2.38 bits per heavy atom. The maximum atomic E-state index is 10.4. The third-order valence-corrected chi connectivity index (χ3v) is 1.41. The zero-order valence-corrected chi connectivity index (χ0v) is 7.06. The van der Waals surface area contributed by atoms with Crippen LogP contribution in [0.2, 0.25) is 0 Å². The van der Waals surface area contributed by atoms with Crippen LogP contribution in [0.25, 0.3) is 0 Å². The van der Waals surface area contributed by atoms with Gasteiger partial charge in [-0.05, 0) is 12.1 Å². The lowest BCUT2D eigenvalue weighted by Gasteiger charge is -2.06. The second-order valence-corrected chi connectivity index (χ2v) is 2.41. The zero-order chi connectivity index (χ0) is 9.68. The largest absolute Gasteiger partial charge is 0.482 e. The molecule has 5 nitrogen and oxygen atoms in total. The van der Waals surface area contributed by atoms with Crippen LogP contribution in [-0.2, 0) is 11.3 Å². The molecule has 70 valence electrons. The third-order valence-electron chi connectivity index (χ3n) is 1.41. The van der Waals surface area contributed by atoms with E-state index in [1.54, 1.807) is 18.3 Å². The lowest BCUT2D eigenvalue weighted by Crippen LogP contribution is -2.20. The number of rotatable bonds is 4. The number of pyridine rings is 1. The van der Waals surface area contributed by atoms with Crippen molar-refractivity contribution < 1.29 is 9.53 Å². The van der Waals surface area contributed by atoms with Gasteiger partial charge in [0.25, 0.3) is 5.91 Å². The van der Waals surface area contributed by atoms with Crippen LogP contribution in [0.1, 0.15) is 5.69 Å². The Kier molecular flexibility index (Phi) is 3.22. The molecular weight excluding hydrogens is 170 g/mol. The molecule has 0 unspecified atom stereocenters. The summed E-state index contributed by atoms with van der Waals surface area (Å²) in [6, 6.07) is 3.40. The smallest absolute Gasteiger partial charge is 0.255 e. The molecule has 0 aliphatic rings. The molecule has 0 aliphatic carbocycles. The fourth-order valence-electron chi connectivity index (χ4n) is 0.857. The number of carbonyl (C=O) groups is 1. The molecule has 1 rings (SSSR count). The van der Waals surface area contributed by atoms with Crippen molar-refractivity contribution in [2.45, 2.75) is 6.54 Å². The SMILES string of the molecule is NCc1ncccc1OCC(N)=O. The first kappa shape index (κ1) is 9.47. The third kappa shape index (κ3) is 2.72. The van der Waals surface area contributed by atoms with Crippen molar-refractivity contribution in [3.8, 4) is 5.75 Å². The number of amides is 1. The van der Waals surface area contributed by atoms with Gasteiger partial charge in [0.1, 0.15) is 5.75 Å². The molecule has 1 aromatic heterocycles. The fourth-order valence-corrected chi connectivity index (χ4v) is 0.857. The molecular formula is C8H11N3O2. The second-order valence-electron chi connectivity index (χ2n) is 2.41. The average Bonchev–Trinajstić information content (AvgIpc) is 2.15. The second kappa shape index (κ2) is 4.42. The molecule has 0 saturated heterocycles. The van der Waals surface area contributed by atoms with E-state index in [4.69, 9.17) is 16.2 Å². The van der Waals surface area contributed by atoms with E-state index in [9.17, 15) is 4.79 Å². The van der Waals surface area contributed by atoms with Gasteiger partial charge in [0.05, 0.1) is 5.69 Å². The van der Waals surface area contributed by atoms with E-state index in [0.29, 0.717) is 11.4 Å². The van der Waals surface area contributed by atoms with Crippen molar-refractivity contribution in [2.75, 3.05) is 6.61 Å². The summed E-state index contributed by atoms with van der Waals surface area (Å²) in [5, 5.41) is 0. The highest BCUT2D eigenvalue weighted by molar-refractivity contribution is 5.75. The van der Waals surface area contributed by atoms with Crippen LogP contribution in [0, 0.1) is 0 Å². The highest BCUT2D eigenvalue weighted by Gasteiger charge is 2.03. The molecule has 0 fully saturated rings. The number of nitrogens with two attached hydrogens (primary N) is 2. The Labute approximate surface area is 75.7 Å². The normalized spacial score (nSPS) is 9.62. The van der Waals surface area contributed by atoms with Gasteiger partial charge in [-0.25, -0.2) is 0 Å². The van der Waals surface area contributed by atoms with Gasteiger partial charge in [-0.2, -0.15) is 0 Å². The fraction of sp³-hybridized carbons (Fsp3) is 0.250. The number of hydrogen-bond donors (Lipinski definition) is 2. The number of primary amides is 1. The molecule has 13 heavy (non-hydrogen) atoms. The maximum absolute atomic E-state index is 10.4. The van der Waals surface area contributed by atoms with Gasteiger partial charge in [-0.15, -0.1) is 0 Å². The van der Waals surface area contributed by atoms with Gasteiger partial charge in [0.2, 0.25) is 0 Å². The number of hydrogen-bond acceptors (Lipinski definition) is 4. The van der Waals surface area contributed by atoms with Gasteiger partial charge >= 0.3 is 0 Å². The first-order valence-corrected chi connectivity index (χ1v) is 3.79. The van der Waals surface area contributed by atoms with Crippen molar-refractivity contribution in [3.63, 3.8) is 0 Å². The minimum absolute atomic E-state index is 0.154. The summed E-state index contributed by atoms with van der Waals surface area (Å²) in [4.78, 5) is 14.4. The molecule has 0 radical (unpaired) electrons. The molecule has 0 aliphatic heterocycles. The summed E-state index contributed by atoms with van der Waals surface area (Å²) in [7, 11) is 0. The van der Waals surface area contributed by atoms with Crippen LogP contribution in [0.15, 0.2) is 18.3 Å². The monoisotopic (exact) mass is 181 g/mol. The molecule has 5 heteroatoms. The molecule has 0 bridgehead atoms. The first-order valence-electron chi connectivity index (χ1n) is 3.79. The van der Waals surface area contributed by atoms with Crippen molar-refractivity contribution in [3.05, 3.63) is 24.0 Å². The number of nitrogens with zero attached hydrogens (tertiary/aromatic N) is 1. The summed E-state index contributed by atoms with van der Waals surface area (Å²) in [5.74, 6) is -0.0179. The van der Waals surface area contributed by atoms with Crippen LogP contribution < -0.4 is 16.2 Å². The van der Waals surface area contributed by atoms with E-state index in [0.717, 1.165) is 0 Å². The van der Waals surface area contributed by atoms with E-state index < -0.39 is 5.91 Å². The van der Waals surface area contributed by atoms with Crippen molar-refractivity contribution in [1.82, 2.24) is 4.98 Å². The molecule has 0 saturated carbocycles. The predicted octanol–water partition coefficient (Wildman–Crippen LogP) is -0.596. The van der Waals surface area contributed by atoms with Crippen LogP contribution in [0.5, 0.6) is 5.75 Å². The standard InChI is InChI=1S/C8H11N3O2/c9-4-6-7(2-1-3-11-6)13-5-8(10)12/h1-3H,4-5,9H2,(H2,10,12). The molecule has 0 spiro atoms. The lowest BCUT2D eigenvalue weighted by molar-refractivity contribution is -0.119. The highest BCUT2D eigenvalue weighted by atomic mass is 16.5. The van der Waals surface area contributed by atoms with Crippen LogP contribution in [-0.4, -0.2) is 17.5 Å². The Morgan fingerprint density at radius 3 is 3.00 bits per heavy atom. The van der Waals surface area contributed by atoms with Crippen LogP contribution in [0.4, 0.5) is 0 Å². The van der Waals surface area contributed by atoms with Gasteiger partial charge in [-0.1, -0.05) is 0 Å². The number of ether oxygens (including phenoxy) is 1. The van der Waals surface area contributed by atoms with Gasteiger partial charge in [-0.3, -0.25) is 9.78 Å². The van der Waals surface area contributed by atoms with Gasteiger partial charge in [0, 0.05) is 12.7 Å². The van der Waals surface area contributed by atoms with E-state index >= 15 is 0 Å². The Morgan fingerprint density at radius 1 is 1.62 bits per heavy atom. The summed E-state index contributed by atoms with van der Waals surface area (Å²) in [6.07, 6.45) is 1.61. The molecule has 1 heterocycles. The minimum Gasteiger partial charge on any atom is -0.482 e. The number of carbonyl (C=O) groups excluding carboxylic acids is 1. The molecule has 1 aromatic rings. The average molecular weight is 181 g/mol. The lowest BCUT2D eigenvalue weighted by atomic mass is 10.3. The maximum Gasteiger partial charge on any atom is 0.255 e. The summed E-state index contributed by atoms with van der Waals surface area (Å²) >= 11 is 0. The zero-order valence-electron chi connectivity index (χ0n) is 7.06. The molecule has 0 aromatic carbocycles. The van der Waals surface area contributed by atoms with E-state index in [-0.39, 0.29) is 13.2 Å². The van der Waals surface area contributed by atoms with Crippen molar-refractivity contribution in [1.29, 1.82) is 0 Å². The first-order chi connectivity index (χ1) is 6.24. The highest BCUT2D eigenvalue weighted by Crippen LogP contribution is 2.13. The van der Waals surface area contributed by atoms with Gasteiger partial charge in [0.15, 0.2) is 6.61 Å². The number of aromatic nitrogens is 1. The van der Waals surface area contributed by atoms with Crippen molar-refractivity contribution >= 4 is 5.91 Å². The summed E-state index contributed by atoms with van der Waals surface area (Å²) in [6.45, 7) is 0.119. The molecule has 0 atom stereocenters. The molecule has 1 amide bonds. The Hall–Kier alpha value is -1.62. The van der Waals surface area contributed by atoms with Crippen LogP contribution in [0.3, 0.4) is 0 Å². The van der Waals surface area contributed by atoms with E-state index in [1.165, 1.54) is 0 Å². The summed E-state index contributed by atoms with van der Waals surface area (Å²) in [5.41, 5.74) is 10.9. The quantitative estimate of drug-likeness (QED) is 0.649. The van der Waals surface area contributed by atoms with E-state index in [2.05, 4.69) is 4.98 Å². The van der Waals surface area contributed by atoms with E-state index in [1.807, 2.05) is 0 Å².